The van der Waals surface area contributed by atoms with Gasteiger partial charge in [-0.1, -0.05) is 6.42 Å². The lowest BCUT2D eigenvalue weighted by atomic mass is 9.87. The summed E-state index contributed by atoms with van der Waals surface area (Å²) >= 11 is 0. The highest BCUT2D eigenvalue weighted by Gasteiger charge is 2.20. The smallest absolute Gasteiger partial charge is 0.251 e. The summed E-state index contributed by atoms with van der Waals surface area (Å²) in [5, 5.41) is 12.6. The van der Waals surface area contributed by atoms with Gasteiger partial charge in [0, 0.05) is 17.8 Å². The molecule has 2 rings (SSSR count). The van der Waals surface area contributed by atoms with E-state index in [1.807, 2.05) is 6.92 Å². The Morgan fingerprint density at radius 3 is 2.95 bits per heavy atom. The molecule has 0 radical (unpaired) electrons. The molecule has 1 fully saturated rings. The molecule has 0 aromatic heterocycles. The van der Waals surface area contributed by atoms with Crippen LogP contribution in [0, 0.1) is 12.8 Å². The Morgan fingerprint density at radius 2 is 2.26 bits per heavy atom. The van der Waals surface area contributed by atoms with Crippen LogP contribution in [0.1, 0.15) is 41.6 Å². The molecule has 4 N–H and O–H groups in total. The summed E-state index contributed by atoms with van der Waals surface area (Å²) in [6.45, 7) is 2.52. The second-order valence-corrected chi connectivity index (χ2v) is 5.47. The molecule has 1 aromatic carbocycles. The number of carbonyl (C=O) groups is 1. The van der Waals surface area contributed by atoms with Gasteiger partial charge in [0.1, 0.15) is 0 Å². The van der Waals surface area contributed by atoms with Gasteiger partial charge in [-0.05, 0) is 55.9 Å². The number of nitrogens with one attached hydrogen (secondary N) is 1. The largest absolute Gasteiger partial charge is 0.399 e. The Labute approximate surface area is 114 Å². The topological polar surface area (TPSA) is 75.4 Å². The minimum atomic E-state index is -0.200. The summed E-state index contributed by atoms with van der Waals surface area (Å²) in [4.78, 5) is 12.1. The minimum Gasteiger partial charge on any atom is -0.399 e. The van der Waals surface area contributed by atoms with Crippen LogP contribution in [0.3, 0.4) is 0 Å². The number of nitrogens with two attached hydrogens (primary N) is 1. The zero-order chi connectivity index (χ0) is 13.8. The number of hydrogen-bond acceptors (Lipinski definition) is 3. The first kappa shape index (κ1) is 13.9. The number of rotatable bonds is 3. The van der Waals surface area contributed by atoms with Gasteiger partial charge in [0.2, 0.25) is 0 Å². The molecule has 2 atom stereocenters. The van der Waals surface area contributed by atoms with Gasteiger partial charge in [-0.3, -0.25) is 4.79 Å². The lowest BCUT2D eigenvalue weighted by Crippen LogP contribution is -2.33. The standard InChI is InChI=1S/C15H22N2O2/c1-10-7-12(16)5-6-14(10)15(19)17-9-11-3-2-4-13(18)8-11/h5-7,11,13,18H,2-4,8-9,16H2,1H3,(H,17,19). The average molecular weight is 262 g/mol. The van der Waals surface area contributed by atoms with E-state index in [0.29, 0.717) is 23.7 Å². The van der Waals surface area contributed by atoms with E-state index < -0.39 is 0 Å². The van der Waals surface area contributed by atoms with Gasteiger partial charge < -0.3 is 16.2 Å². The summed E-state index contributed by atoms with van der Waals surface area (Å²) in [5.74, 6) is 0.333. The first-order valence-corrected chi connectivity index (χ1v) is 6.88. The maximum atomic E-state index is 12.1. The molecule has 4 nitrogen and oxygen atoms in total. The van der Waals surface area contributed by atoms with Crippen molar-refractivity contribution >= 4 is 11.6 Å². The second-order valence-electron chi connectivity index (χ2n) is 5.47. The highest BCUT2D eigenvalue weighted by Crippen LogP contribution is 2.23. The van der Waals surface area contributed by atoms with Crippen LogP contribution < -0.4 is 11.1 Å². The lowest BCUT2D eigenvalue weighted by molar-refractivity contribution is 0.0873. The third-order valence-electron chi connectivity index (χ3n) is 3.80. The zero-order valence-electron chi connectivity index (χ0n) is 11.4. The van der Waals surface area contributed by atoms with Crippen LogP contribution in [0.25, 0.3) is 0 Å². The number of carbonyl (C=O) groups excluding carboxylic acids is 1. The van der Waals surface area contributed by atoms with Crippen LogP contribution in [0.5, 0.6) is 0 Å². The molecule has 0 bridgehead atoms. The molecular weight excluding hydrogens is 240 g/mol. The number of aryl methyl sites for hydroxylation is 1. The summed E-state index contributed by atoms with van der Waals surface area (Å²) in [5.41, 5.74) is 7.91. The van der Waals surface area contributed by atoms with Crippen molar-refractivity contribution in [2.45, 2.75) is 38.7 Å². The maximum Gasteiger partial charge on any atom is 0.251 e. The van der Waals surface area contributed by atoms with Gasteiger partial charge in [0.15, 0.2) is 0 Å². The minimum absolute atomic E-state index is 0.0578. The Balaban J connectivity index is 1.90. The van der Waals surface area contributed by atoms with E-state index in [1.54, 1.807) is 18.2 Å². The van der Waals surface area contributed by atoms with Crippen LogP contribution in [0.15, 0.2) is 18.2 Å². The Hall–Kier alpha value is -1.55. The number of aliphatic hydroxyl groups is 1. The molecule has 1 aliphatic carbocycles. The van der Waals surface area contributed by atoms with Gasteiger partial charge in [0.25, 0.3) is 5.91 Å². The molecule has 0 aliphatic heterocycles. The molecule has 19 heavy (non-hydrogen) atoms. The van der Waals surface area contributed by atoms with Crippen molar-refractivity contribution in [2.24, 2.45) is 5.92 Å². The quantitative estimate of drug-likeness (QED) is 0.728. The van der Waals surface area contributed by atoms with Crippen molar-refractivity contribution < 1.29 is 9.90 Å². The summed E-state index contributed by atoms with van der Waals surface area (Å²) in [6.07, 6.45) is 3.61. The molecule has 2 unspecified atom stereocenters. The van der Waals surface area contributed by atoms with Crippen molar-refractivity contribution in [3.05, 3.63) is 29.3 Å². The van der Waals surface area contributed by atoms with Crippen LogP contribution >= 0.6 is 0 Å². The Bertz CT molecular complexity index is 459. The van der Waals surface area contributed by atoms with E-state index in [1.165, 1.54) is 0 Å². The van der Waals surface area contributed by atoms with Crippen molar-refractivity contribution in [3.8, 4) is 0 Å². The monoisotopic (exact) mass is 262 g/mol. The van der Waals surface area contributed by atoms with Crippen LogP contribution in [-0.2, 0) is 0 Å². The summed E-state index contributed by atoms with van der Waals surface area (Å²) < 4.78 is 0. The average Bonchev–Trinajstić information content (AvgIpc) is 2.36. The number of hydrogen-bond donors (Lipinski definition) is 3. The number of benzene rings is 1. The molecule has 1 amide bonds. The SMILES string of the molecule is Cc1cc(N)ccc1C(=O)NCC1CCCC(O)C1. The second kappa shape index (κ2) is 6.06. The van der Waals surface area contributed by atoms with Crippen molar-refractivity contribution in [1.29, 1.82) is 0 Å². The van der Waals surface area contributed by atoms with Gasteiger partial charge in [0.05, 0.1) is 6.10 Å². The fourth-order valence-corrected chi connectivity index (χ4v) is 2.72. The maximum absolute atomic E-state index is 12.1. The molecule has 0 spiro atoms. The van der Waals surface area contributed by atoms with E-state index >= 15 is 0 Å². The first-order valence-electron chi connectivity index (χ1n) is 6.88. The number of anilines is 1. The fourth-order valence-electron chi connectivity index (χ4n) is 2.72. The fraction of sp³-hybridized carbons (Fsp3) is 0.533. The highest BCUT2D eigenvalue weighted by atomic mass is 16.3. The van der Waals surface area contributed by atoms with E-state index in [9.17, 15) is 9.90 Å². The third-order valence-corrected chi connectivity index (χ3v) is 3.80. The molecule has 104 valence electrons. The zero-order valence-corrected chi connectivity index (χ0v) is 11.4. The van der Waals surface area contributed by atoms with E-state index in [-0.39, 0.29) is 12.0 Å². The highest BCUT2D eigenvalue weighted by molar-refractivity contribution is 5.96. The Kier molecular flexibility index (Phi) is 4.43. The van der Waals surface area contributed by atoms with Gasteiger partial charge in [-0.15, -0.1) is 0 Å². The number of aliphatic hydroxyl groups excluding tert-OH is 1. The Morgan fingerprint density at radius 1 is 1.47 bits per heavy atom. The molecule has 1 saturated carbocycles. The predicted molar refractivity (Wildman–Crippen MR) is 75.9 cm³/mol. The molecular formula is C15H22N2O2. The van der Waals surface area contributed by atoms with Crippen molar-refractivity contribution in [1.82, 2.24) is 5.32 Å². The van der Waals surface area contributed by atoms with Gasteiger partial charge in [-0.2, -0.15) is 0 Å². The predicted octanol–water partition coefficient (Wildman–Crippen LogP) is 1.86. The first-order chi connectivity index (χ1) is 9.06. The van der Waals surface area contributed by atoms with E-state index in [4.69, 9.17) is 5.73 Å². The molecule has 1 aromatic rings. The molecule has 1 aliphatic rings. The van der Waals surface area contributed by atoms with Crippen molar-refractivity contribution in [3.63, 3.8) is 0 Å². The van der Waals surface area contributed by atoms with Gasteiger partial charge >= 0.3 is 0 Å². The van der Waals surface area contributed by atoms with Gasteiger partial charge in [-0.25, -0.2) is 0 Å². The number of nitrogen functional groups attached to an aromatic ring is 1. The number of amides is 1. The normalized spacial score (nSPS) is 23.1. The molecule has 0 heterocycles. The lowest BCUT2D eigenvalue weighted by Gasteiger charge is -2.26. The van der Waals surface area contributed by atoms with Crippen molar-refractivity contribution in [2.75, 3.05) is 12.3 Å². The van der Waals surface area contributed by atoms with Crippen LogP contribution in [-0.4, -0.2) is 23.7 Å². The van der Waals surface area contributed by atoms with E-state index in [0.717, 1.165) is 31.2 Å². The van der Waals surface area contributed by atoms with Crippen LogP contribution in [0.2, 0.25) is 0 Å². The molecule has 0 saturated heterocycles. The van der Waals surface area contributed by atoms with Crippen LogP contribution in [0.4, 0.5) is 5.69 Å². The summed E-state index contributed by atoms with van der Waals surface area (Å²) in [7, 11) is 0. The van der Waals surface area contributed by atoms with E-state index in [2.05, 4.69) is 5.32 Å². The third kappa shape index (κ3) is 3.70. The molecule has 4 heteroatoms. The summed E-state index contributed by atoms with van der Waals surface area (Å²) in [6, 6.07) is 5.31.